The molecule has 0 aliphatic heterocycles. The summed E-state index contributed by atoms with van der Waals surface area (Å²) in [6.07, 6.45) is 1.81. The van der Waals surface area contributed by atoms with E-state index in [0.29, 0.717) is 22.8 Å². The van der Waals surface area contributed by atoms with Crippen molar-refractivity contribution < 1.29 is 14.3 Å². The third-order valence-electron chi connectivity index (χ3n) is 5.14. The van der Waals surface area contributed by atoms with Crippen LogP contribution in [0.5, 0.6) is 11.5 Å². The van der Waals surface area contributed by atoms with E-state index in [-0.39, 0.29) is 11.3 Å². The molecule has 0 fully saturated rings. The Balaban J connectivity index is 1.82. The number of aromatic nitrogens is 2. The van der Waals surface area contributed by atoms with Crippen LogP contribution in [-0.4, -0.2) is 21.6 Å². The second-order valence-electron chi connectivity index (χ2n) is 7.07. The van der Waals surface area contributed by atoms with Crippen molar-refractivity contribution in [2.45, 2.75) is 6.92 Å². The molecule has 0 bridgehead atoms. The third-order valence-corrected chi connectivity index (χ3v) is 5.14. The second kappa shape index (κ2) is 6.77. The fourth-order valence-electron chi connectivity index (χ4n) is 3.75. The molecule has 148 valence electrons. The maximum atomic E-state index is 12.7. The molecule has 5 aromatic rings. The Kier molecular flexibility index (Phi) is 4.06. The van der Waals surface area contributed by atoms with E-state index in [1.165, 1.54) is 6.07 Å². The summed E-state index contributed by atoms with van der Waals surface area (Å²) in [7, 11) is 1.64. The van der Waals surface area contributed by atoms with Crippen molar-refractivity contribution in [1.29, 1.82) is 0 Å². The van der Waals surface area contributed by atoms with Crippen LogP contribution in [0.4, 0.5) is 0 Å². The van der Waals surface area contributed by atoms with E-state index in [4.69, 9.17) is 14.1 Å². The highest BCUT2D eigenvalue weighted by atomic mass is 16.5. The average molecular weight is 398 g/mol. The number of imidazole rings is 1. The van der Waals surface area contributed by atoms with Gasteiger partial charge in [-0.1, -0.05) is 24.3 Å². The first-order valence-corrected chi connectivity index (χ1v) is 9.44. The predicted molar refractivity (Wildman–Crippen MR) is 115 cm³/mol. The van der Waals surface area contributed by atoms with Crippen molar-refractivity contribution in [3.05, 3.63) is 83.0 Å². The van der Waals surface area contributed by atoms with Crippen LogP contribution in [0.1, 0.15) is 5.76 Å². The highest BCUT2D eigenvalue weighted by molar-refractivity contribution is 5.91. The lowest BCUT2D eigenvalue weighted by Gasteiger charge is -2.08. The maximum Gasteiger partial charge on any atom is 0.349 e. The molecule has 0 spiro atoms. The second-order valence-corrected chi connectivity index (χ2v) is 7.07. The molecule has 3 heterocycles. The summed E-state index contributed by atoms with van der Waals surface area (Å²) >= 11 is 0. The summed E-state index contributed by atoms with van der Waals surface area (Å²) in [5.41, 5.74) is 2.05. The number of fused-ring (bicyclic) bond motifs is 2. The van der Waals surface area contributed by atoms with Gasteiger partial charge in [-0.25, -0.2) is 9.78 Å². The number of nitrogens with zero attached hydrogens (tertiary/aromatic N) is 2. The molecule has 2 aromatic carbocycles. The molecule has 0 saturated heterocycles. The van der Waals surface area contributed by atoms with Gasteiger partial charge in [0.2, 0.25) is 0 Å². The van der Waals surface area contributed by atoms with Gasteiger partial charge in [0.25, 0.3) is 0 Å². The van der Waals surface area contributed by atoms with E-state index < -0.39 is 5.63 Å². The van der Waals surface area contributed by atoms with Crippen LogP contribution >= 0.6 is 0 Å². The van der Waals surface area contributed by atoms with Crippen molar-refractivity contribution in [3.63, 3.8) is 0 Å². The molecule has 0 aliphatic rings. The largest absolute Gasteiger partial charge is 0.507 e. The minimum absolute atomic E-state index is 0.0872. The molecule has 0 saturated carbocycles. The average Bonchev–Trinajstić information content (AvgIpc) is 3.11. The van der Waals surface area contributed by atoms with Crippen LogP contribution in [-0.2, 0) is 0 Å². The lowest BCUT2D eigenvalue weighted by molar-refractivity contribution is 0.415. The summed E-state index contributed by atoms with van der Waals surface area (Å²) in [6, 6.07) is 18.8. The Morgan fingerprint density at radius 1 is 1.03 bits per heavy atom. The predicted octanol–water partition coefficient (Wildman–Crippen LogP) is 4.80. The van der Waals surface area contributed by atoms with Crippen molar-refractivity contribution in [2.24, 2.45) is 0 Å². The highest BCUT2D eigenvalue weighted by Gasteiger charge is 2.23. The summed E-state index contributed by atoms with van der Waals surface area (Å²) < 4.78 is 12.4. The van der Waals surface area contributed by atoms with Crippen molar-refractivity contribution in [2.75, 3.05) is 7.11 Å². The Labute approximate surface area is 171 Å². The van der Waals surface area contributed by atoms with Gasteiger partial charge in [0.1, 0.15) is 28.5 Å². The van der Waals surface area contributed by atoms with Crippen LogP contribution in [0.25, 0.3) is 38.9 Å². The van der Waals surface area contributed by atoms with Gasteiger partial charge < -0.3 is 14.3 Å². The fraction of sp³-hybridized carbons (Fsp3) is 0.0833. The first kappa shape index (κ1) is 18.0. The standard InChI is InChI=1S/C24H18N2O4/c1-14-11-19(27)21(24(28)30-14)23-22(25-20-5-3-4-10-26(20)23)17-7-6-16-13-18(29-2)9-8-15(16)12-17/h3-13,27H,1-2H3. The third kappa shape index (κ3) is 2.81. The number of benzene rings is 2. The topological polar surface area (TPSA) is 77.0 Å². The summed E-state index contributed by atoms with van der Waals surface area (Å²) in [6.45, 7) is 1.62. The fourth-order valence-corrected chi connectivity index (χ4v) is 3.75. The molecular formula is C24H18N2O4. The summed E-state index contributed by atoms with van der Waals surface area (Å²) in [5, 5.41) is 12.6. The van der Waals surface area contributed by atoms with Gasteiger partial charge in [-0.05, 0) is 48.0 Å². The van der Waals surface area contributed by atoms with Crippen LogP contribution in [0.2, 0.25) is 0 Å². The van der Waals surface area contributed by atoms with E-state index in [1.54, 1.807) is 18.4 Å². The van der Waals surface area contributed by atoms with E-state index >= 15 is 0 Å². The van der Waals surface area contributed by atoms with E-state index in [9.17, 15) is 9.90 Å². The number of rotatable bonds is 3. The van der Waals surface area contributed by atoms with Crippen molar-refractivity contribution in [3.8, 4) is 34.0 Å². The highest BCUT2D eigenvalue weighted by Crippen LogP contribution is 2.37. The van der Waals surface area contributed by atoms with Crippen LogP contribution in [0, 0.1) is 6.92 Å². The quantitative estimate of drug-likeness (QED) is 0.472. The van der Waals surface area contributed by atoms with Crippen molar-refractivity contribution in [1.82, 2.24) is 9.38 Å². The minimum Gasteiger partial charge on any atom is -0.507 e. The number of aryl methyl sites for hydroxylation is 1. The Hall–Kier alpha value is -4.06. The number of aromatic hydroxyl groups is 1. The summed E-state index contributed by atoms with van der Waals surface area (Å²) in [5.74, 6) is 0.989. The normalized spacial score (nSPS) is 11.3. The van der Waals surface area contributed by atoms with E-state index in [0.717, 1.165) is 22.1 Å². The van der Waals surface area contributed by atoms with Gasteiger partial charge in [-0.2, -0.15) is 0 Å². The van der Waals surface area contributed by atoms with Gasteiger partial charge in [0, 0.05) is 17.8 Å². The molecular weight excluding hydrogens is 380 g/mol. The Morgan fingerprint density at radius 2 is 1.83 bits per heavy atom. The van der Waals surface area contributed by atoms with E-state index in [2.05, 4.69) is 0 Å². The molecule has 6 nitrogen and oxygen atoms in total. The van der Waals surface area contributed by atoms with Crippen LogP contribution in [0.15, 0.2) is 76.1 Å². The maximum absolute atomic E-state index is 12.7. The zero-order valence-corrected chi connectivity index (χ0v) is 16.4. The molecule has 30 heavy (non-hydrogen) atoms. The number of methoxy groups -OCH3 is 1. The first-order valence-electron chi connectivity index (χ1n) is 9.44. The SMILES string of the molecule is COc1ccc2cc(-c3nc4ccccn4c3-c3c(O)cc(C)oc3=O)ccc2c1. The van der Waals surface area contributed by atoms with Gasteiger partial charge >= 0.3 is 5.63 Å². The van der Waals surface area contributed by atoms with E-state index in [1.807, 2.05) is 60.8 Å². The summed E-state index contributed by atoms with van der Waals surface area (Å²) in [4.78, 5) is 17.4. The van der Waals surface area contributed by atoms with Crippen molar-refractivity contribution >= 4 is 16.4 Å². The molecule has 0 radical (unpaired) electrons. The van der Waals surface area contributed by atoms with Crippen LogP contribution in [0.3, 0.4) is 0 Å². The van der Waals surface area contributed by atoms with Gasteiger partial charge in [-0.3, -0.25) is 4.40 Å². The molecule has 0 atom stereocenters. The molecule has 1 N–H and O–H groups in total. The first-order chi connectivity index (χ1) is 14.5. The Morgan fingerprint density at radius 3 is 2.63 bits per heavy atom. The monoisotopic (exact) mass is 398 g/mol. The number of hydrogen-bond donors (Lipinski definition) is 1. The molecule has 0 amide bonds. The van der Waals surface area contributed by atoms with Gasteiger partial charge in [0.05, 0.1) is 18.5 Å². The lowest BCUT2D eigenvalue weighted by Crippen LogP contribution is -2.06. The minimum atomic E-state index is -0.607. The molecule has 3 aromatic heterocycles. The zero-order valence-electron chi connectivity index (χ0n) is 16.4. The van der Waals surface area contributed by atoms with Crippen LogP contribution < -0.4 is 10.4 Å². The smallest absolute Gasteiger partial charge is 0.349 e. The molecule has 6 heteroatoms. The number of pyridine rings is 1. The molecule has 0 aliphatic carbocycles. The Bertz CT molecular complexity index is 1480. The van der Waals surface area contributed by atoms with Gasteiger partial charge in [0.15, 0.2) is 0 Å². The number of hydrogen-bond acceptors (Lipinski definition) is 5. The van der Waals surface area contributed by atoms with Gasteiger partial charge in [-0.15, -0.1) is 0 Å². The lowest BCUT2D eigenvalue weighted by atomic mass is 10.0. The zero-order chi connectivity index (χ0) is 20.8. The molecule has 5 rings (SSSR count). The number of ether oxygens (including phenoxy) is 1. The molecule has 0 unspecified atom stereocenters.